The topological polar surface area (TPSA) is 17.1 Å². The summed E-state index contributed by atoms with van der Waals surface area (Å²) in [6.07, 6.45) is 4.91. The molecule has 1 nitrogen and oxygen atoms in total. The lowest BCUT2D eigenvalue weighted by atomic mass is 10.0. The predicted molar refractivity (Wildman–Crippen MR) is 58.7 cm³/mol. The summed E-state index contributed by atoms with van der Waals surface area (Å²) in [6, 6.07) is 14.1. The first-order valence-corrected chi connectivity index (χ1v) is 4.44. The van der Waals surface area contributed by atoms with Crippen LogP contribution in [0.25, 0.3) is 16.8 Å². The molecule has 0 heterocycles. The lowest BCUT2D eigenvalue weighted by Gasteiger charge is -2.00. The van der Waals surface area contributed by atoms with Crippen LogP contribution in [0.15, 0.2) is 48.5 Å². The smallest absolute Gasteiger partial charge is 0.225 e. The lowest BCUT2D eigenvalue weighted by Crippen LogP contribution is -1.77. The molecule has 0 amide bonds. The molecule has 2 aromatic carbocycles. The normalized spacial score (nSPS) is 10.9. The van der Waals surface area contributed by atoms with E-state index in [1.54, 1.807) is 12.4 Å². The van der Waals surface area contributed by atoms with Crippen LogP contribution in [0.5, 0.6) is 0 Å². The van der Waals surface area contributed by atoms with Crippen molar-refractivity contribution < 1.29 is 4.79 Å². The van der Waals surface area contributed by atoms with Crippen molar-refractivity contribution in [3.8, 4) is 0 Å². The molecule has 0 bridgehead atoms. The molecule has 0 aromatic heterocycles. The molecule has 1 radical (unpaired) electrons. The number of hydrogen-bond acceptors (Lipinski definition) is 1. The Hall–Kier alpha value is -1.89. The zero-order valence-electron chi connectivity index (χ0n) is 7.60. The summed E-state index contributed by atoms with van der Waals surface area (Å²) in [4.78, 5) is 10.1. The van der Waals surface area contributed by atoms with E-state index in [0.717, 1.165) is 10.9 Å². The molecule has 0 atom stereocenters. The summed E-state index contributed by atoms with van der Waals surface area (Å²) < 4.78 is 0. The summed E-state index contributed by atoms with van der Waals surface area (Å²) in [6.45, 7) is 0. The lowest BCUT2D eigenvalue weighted by molar-refractivity contribution is 0.564. The van der Waals surface area contributed by atoms with Gasteiger partial charge in [0.15, 0.2) is 0 Å². The molecule has 0 aliphatic carbocycles. The summed E-state index contributed by atoms with van der Waals surface area (Å²) in [7, 11) is 0. The zero-order chi connectivity index (χ0) is 9.80. The fourth-order valence-electron chi connectivity index (χ4n) is 1.52. The molecule has 0 N–H and O–H groups in total. The van der Waals surface area contributed by atoms with Gasteiger partial charge in [-0.15, -0.1) is 0 Å². The zero-order valence-corrected chi connectivity index (χ0v) is 7.60. The summed E-state index contributed by atoms with van der Waals surface area (Å²) in [5.41, 5.74) is 1.05. The maximum absolute atomic E-state index is 10.1. The van der Waals surface area contributed by atoms with Crippen molar-refractivity contribution >= 4 is 23.1 Å². The largest absolute Gasteiger partial charge is 0.286 e. The van der Waals surface area contributed by atoms with E-state index in [1.165, 1.54) is 11.5 Å². The Labute approximate surface area is 82.7 Å². The fraction of sp³-hybridized carbons (Fsp3) is 0. The number of fused-ring (bicyclic) bond motifs is 1. The Morgan fingerprint density at radius 1 is 1.00 bits per heavy atom. The van der Waals surface area contributed by atoms with E-state index >= 15 is 0 Å². The second-order valence-corrected chi connectivity index (χ2v) is 3.02. The van der Waals surface area contributed by atoms with Gasteiger partial charge in [0, 0.05) is 0 Å². The molecule has 0 aliphatic heterocycles. The highest BCUT2D eigenvalue weighted by Gasteiger charge is 1.95. The highest BCUT2D eigenvalue weighted by molar-refractivity contribution is 5.92. The van der Waals surface area contributed by atoms with Gasteiger partial charge in [-0.2, -0.15) is 0 Å². The van der Waals surface area contributed by atoms with Gasteiger partial charge >= 0.3 is 0 Å². The molecule has 0 spiro atoms. The maximum atomic E-state index is 10.1. The predicted octanol–water partition coefficient (Wildman–Crippen LogP) is 2.96. The van der Waals surface area contributed by atoms with Crippen molar-refractivity contribution in [1.82, 2.24) is 0 Å². The molecule has 0 unspecified atom stereocenters. The molecule has 14 heavy (non-hydrogen) atoms. The van der Waals surface area contributed by atoms with Gasteiger partial charge in [-0.05, 0) is 22.4 Å². The summed E-state index contributed by atoms with van der Waals surface area (Å²) in [5.74, 6) is 0. The average Bonchev–Trinajstić information content (AvgIpc) is 2.26. The van der Waals surface area contributed by atoms with E-state index in [-0.39, 0.29) is 0 Å². The van der Waals surface area contributed by atoms with Crippen molar-refractivity contribution in [3.63, 3.8) is 0 Å². The first-order valence-electron chi connectivity index (χ1n) is 4.44. The molecule has 0 fully saturated rings. The Morgan fingerprint density at radius 3 is 2.64 bits per heavy atom. The Bertz CT molecular complexity index is 478. The molecule has 0 saturated heterocycles. The van der Waals surface area contributed by atoms with Gasteiger partial charge in [-0.25, -0.2) is 0 Å². The first kappa shape index (κ1) is 8.70. The van der Waals surface area contributed by atoms with Gasteiger partial charge in [0.2, 0.25) is 6.29 Å². The van der Waals surface area contributed by atoms with Gasteiger partial charge in [-0.1, -0.05) is 48.5 Å². The molecule has 0 saturated carbocycles. The summed E-state index contributed by atoms with van der Waals surface area (Å²) in [5, 5.41) is 2.34. The van der Waals surface area contributed by atoms with Crippen molar-refractivity contribution in [2.45, 2.75) is 0 Å². The van der Waals surface area contributed by atoms with Crippen LogP contribution in [0.2, 0.25) is 0 Å². The van der Waals surface area contributed by atoms with E-state index < -0.39 is 0 Å². The highest BCUT2D eigenvalue weighted by atomic mass is 16.1. The SMILES string of the molecule is O=[C]/C=C/c1cccc2ccccc12. The summed E-state index contributed by atoms with van der Waals surface area (Å²) >= 11 is 0. The van der Waals surface area contributed by atoms with Crippen LogP contribution in [0, 0.1) is 0 Å². The quantitative estimate of drug-likeness (QED) is 0.651. The Kier molecular flexibility index (Phi) is 2.41. The van der Waals surface area contributed by atoms with Gasteiger partial charge in [0.1, 0.15) is 0 Å². The second-order valence-electron chi connectivity index (χ2n) is 3.02. The number of benzene rings is 2. The molecular formula is C13H9O. The van der Waals surface area contributed by atoms with Gasteiger partial charge in [-0.3, -0.25) is 4.79 Å². The number of carbonyl (C=O) groups excluding carboxylic acids is 1. The van der Waals surface area contributed by atoms with Crippen LogP contribution < -0.4 is 0 Å². The van der Waals surface area contributed by atoms with Crippen LogP contribution in [0.1, 0.15) is 5.56 Å². The maximum Gasteiger partial charge on any atom is 0.225 e. The van der Waals surface area contributed by atoms with Gasteiger partial charge < -0.3 is 0 Å². The molecule has 1 heteroatoms. The molecule has 2 aromatic rings. The highest BCUT2D eigenvalue weighted by Crippen LogP contribution is 2.19. The van der Waals surface area contributed by atoms with Crippen LogP contribution in [-0.4, -0.2) is 6.29 Å². The van der Waals surface area contributed by atoms with Crippen LogP contribution >= 0.6 is 0 Å². The van der Waals surface area contributed by atoms with Gasteiger partial charge in [0.05, 0.1) is 0 Å². The van der Waals surface area contributed by atoms with Gasteiger partial charge in [0.25, 0.3) is 0 Å². The molecule has 0 aliphatic rings. The fourth-order valence-corrected chi connectivity index (χ4v) is 1.52. The van der Waals surface area contributed by atoms with Crippen molar-refractivity contribution in [1.29, 1.82) is 0 Å². The second kappa shape index (κ2) is 3.88. The third kappa shape index (κ3) is 1.57. The third-order valence-electron chi connectivity index (χ3n) is 2.15. The van der Waals surface area contributed by atoms with E-state index in [9.17, 15) is 4.79 Å². The molecular weight excluding hydrogens is 172 g/mol. The average molecular weight is 181 g/mol. The van der Waals surface area contributed by atoms with E-state index in [1.807, 2.05) is 30.3 Å². The Balaban J connectivity index is 2.64. The minimum Gasteiger partial charge on any atom is -0.286 e. The molecule has 67 valence electrons. The third-order valence-corrected chi connectivity index (χ3v) is 2.15. The van der Waals surface area contributed by atoms with E-state index in [2.05, 4.69) is 12.1 Å². The monoisotopic (exact) mass is 181 g/mol. The molecule has 2 rings (SSSR count). The number of allylic oxidation sites excluding steroid dienone is 1. The number of rotatable bonds is 2. The number of hydrogen-bond donors (Lipinski definition) is 0. The first-order chi connectivity index (χ1) is 6.92. The van der Waals surface area contributed by atoms with Crippen molar-refractivity contribution in [2.24, 2.45) is 0 Å². The van der Waals surface area contributed by atoms with E-state index in [0.29, 0.717) is 0 Å². The minimum atomic E-state index is 1.05. The van der Waals surface area contributed by atoms with Crippen molar-refractivity contribution in [2.75, 3.05) is 0 Å². The van der Waals surface area contributed by atoms with Crippen LogP contribution in [0.3, 0.4) is 0 Å². The standard InChI is InChI=1S/C13H9O/c14-10-4-8-12-7-3-6-11-5-1-2-9-13(11)12/h1-9H/b8-4+. The Morgan fingerprint density at radius 2 is 1.79 bits per heavy atom. The minimum absolute atomic E-state index is 1.05. The van der Waals surface area contributed by atoms with Crippen molar-refractivity contribution in [3.05, 3.63) is 54.1 Å². The van der Waals surface area contributed by atoms with Crippen LogP contribution in [0.4, 0.5) is 0 Å². The van der Waals surface area contributed by atoms with Crippen LogP contribution in [-0.2, 0) is 4.79 Å². The van der Waals surface area contributed by atoms with E-state index in [4.69, 9.17) is 0 Å².